The lowest BCUT2D eigenvalue weighted by Crippen LogP contribution is -2.45. The number of hydrogen-bond donors (Lipinski definition) is 0. The number of aryl methyl sites for hydroxylation is 1. The van der Waals surface area contributed by atoms with E-state index in [1.54, 1.807) is 30.7 Å². The first kappa shape index (κ1) is 21.3. The molecule has 0 spiro atoms. The van der Waals surface area contributed by atoms with Crippen LogP contribution in [0.5, 0.6) is 11.5 Å². The highest BCUT2D eigenvalue weighted by Crippen LogP contribution is 2.46. The number of sulfonamides is 1. The smallest absolute Gasteiger partial charge is 0.264 e. The molecule has 0 fully saturated rings. The van der Waals surface area contributed by atoms with E-state index in [1.165, 1.54) is 16.7 Å². The van der Waals surface area contributed by atoms with E-state index in [-0.39, 0.29) is 6.04 Å². The quantitative estimate of drug-likeness (QED) is 0.698. The van der Waals surface area contributed by atoms with Crippen LogP contribution < -0.4 is 9.47 Å². The summed E-state index contributed by atoms with van der Waals surface area (Å²) >= 11 is 0. The van der Waals surface area contributed by atoms with E-state index in [0.29, 0.717) is 17.9 Å². The number of methoxy groups -OCH3 is 2. The lowest BCUT2D eigenvalue weighted by molar-refractivity contribution is 0.167. The maximum Gasteiger partial charge on any atom is 0.264 e. The largest absolute Gasteiger partial charge is 0.493 e. The van der Waals surface area contributed by atoms with Gasteiger partial charge in [0.1, 0.15) is 0 Å². The van der Waals surface area contributed by atoms with Crippen LogP contribution in [0.4, 0.5) is 0 Å². The minimum Gasteiger partial charge on any atom is -0.493 e. The fourth-order valence-corrected chi connectivity index (χ4v) is 6.95. The molecule has 170 valence electrons. The van der Waals surface area contributed by atoms with Crippen LogP contribution in [0.1, 0.15) is 42.0 Å². The molecule has 0 amide bonds. The molecular weight excluding hydrogens is 424 g/mol. The highest BCUT2D eigenvalue weighted by atomic mass is 32.2. The van der Waals surface area contributed by atoms with Gasteiger partial charge < -0.3 is 9.47 Å². The van der Waals surface area contributed by atoms with Crippen molar-refractivity contribution in [2.24, 2.45) is 0 Å². The second kappa shape index (κ2) is 8.12. The van der Waals surface area contributed by atoms with Crippen LogP contribution in [-0.2, 0) is 16.4 Å². The van der Waals surface area contributed by atoms with Crippen LogP contribution in [0, 0.1) is 6.92 Å². The Morgan fingerprint density at radius 3 is 2.41 bits per heavy atom. The zero-order chi connectivity index (χ0) is 22.5. The Labute approximate surface area is 190 Å². The third-order valence-corrected chi connectivity index (χ3v) is 8.90. The van der Waals surface area contributed by atoms with Crippen LogP contribution in [0.2, 0.25) is 0 Å². The third kappa shape index (κ3) is 3.48. The fourth-order valence-electron chi connectivity index (χ4n) is 5.35. The van der Waals surface area contributed by atoms with Gasteiger partial charge in [-0.3, -0.25) is 9.21 Å². The minimum absolute atomic E-state index is 0.145. The van der Waals surface area contributed by atoms with E-state index >= 15 is 0 Å². The van der Waals surface area contributed by atoms with Gasteiger partial charge in [0.15, 0.2) is 11.5 Å². The molecule has 0 aliphatic carbocycles. The normalized spacial score (nSPS) is 21.0. The number of benzene rings is 2. The first-order valence-electron chi connectivity index (χ1n) is 11.2. The molecule has 0 bridgehead atoms. The van der Waals surface area contributed by atoms with Crippen LogP contribution in [0.25, 0.3) is 0 Å². The summed E-state index contributed by atoms with van der Waals surface area (Å²) in [5, 5.41) is 0. The highest BCUT2D eigenvalue weighted by molar-refractivity contribution is 7.89. The summed E-state index contributed by atoms with van der Waals surface area (Å²) < 4.78 is 39.9. The number of hydrogen-bond acceptors (Lipinski definition) is 5. The van der Waals surface area contributed by atoms with E-state index in [1.807, 2.05) is 19.1 Å². The second-order valence-corrected chi connectivity index (χ2v) is 10.8. The third-order valence-electron chi connectivity index (χ3n) is 7.05. The molecule has 0 aromatic heterocycles. The van der Waals surface area contributed by atoms with Gasteiger partial charge in [0, 0.05) is 37.8 Å². The second-order valence-electron chi connectivity index (χ2n) is 8.89. The number of nitrogens with zero attached hydrogens (tertiary/aromatic N) is 2. The van der Waals surface area contributed by atoms with Crippen LogP contribution in [0.3, 0.4) is 0 Å². The van der Waals surface area contributed by atoms with Crippen LogP contribution >= 0.6 is 0 Å². The van der Waals surface area contributed by atoms with Crippen molar-refractivity contribution in [1.29, 1.82) is 0 Å². The number of ether oxygens (including phenoxy) is 2. The van der Waals surface area contributed by atoms with Crippen LogP contribution in [0.15, 0.2) is 52.6 Å². The van der Waals surface area contributed by atoms with Gasteiger partial charge in [0.25, 0.3) is 10.0 Å². The summed E-state index contributed by atoms with van der Waals surface area (Å²) in [6.07, 6.45) is 3.49. The molecule has 32 heavy (non-hydrogen) atoms. The van der Waals surface area contributed by atoms with Crippen molar-refractivity contribution >= 4 is 10.0 Å². The van der Waals surface area contributed by atoms with Gasteiger partial charge in [0.05, 0.1) is 19.1 Å². The highest BCUT2D eigenvalue weighted by Gasteiger charge is 2.40. The van der Waals surface area contributed by atoms with Crippen molar-refractivity contribution in [1.82, 2.24) is 9.21 Å². The zero-order valence-electron chi connectivity index (χ0n) is 18.9. The van der Waals surface area contributed by atoms with Gasteiger partial charge in [-0.15, -0.1) is 0 Å². The molecule has 0 N–H and O–H groups in total. The zero-order valence-corrected chi connectivity index (χ0v) is 19.7. The monoisotopic (exact) mass is 454 g/mol. The van der Waals surface area contributed by atoms with Crippen molar-refractivity contribution in [3.63, 3.8) is 0 Å². The van der Waals surface area contributed by atoms with Crippen molar-refractivity contribution in [3.8, 4) is 11.5 Å². The molecule has 0 radical (unpaired) electrons. The minimum atomic E-state index is -3.58. The van der Waals surface area contributed by atoms with E-state index in [4.69, 9.17) is 9.47 Å². The Hall–Kier alpha value is -2.51. The van der Waals surface area contributed by atoms with Gasteiger partial charge in [0.2, 0.25) is 0 Å². The molecule has 3 heterocycles. The van der Waals surface area contributed by atoms with Gasteiger partial charge in [-0.05, 0) is 67.2 Å². The number of fused-ring (bicyclic) bond motifs is 3. The molecular formula is C25H30N2O4S. The van der Waals surface area contributed by atoms with Gasteiger partial charge >= 0.3 is 0 Å². The summed E-state index contributed by atoms with van der Waals surface area (Å²) in [6, 6.07) is 11.5. The summed E-state index contributed by atoms with van der Waals surface area (Å²) in [6.45, 7) is 4.31. The Bertz CT molecular complexity index is 1170. The average Bonchev–Trinajstić information content (AvgIpc) is 2.81. The lowest BCUT2D eigenvalue weighted by Gasteiger charge is -2.46. The molecule has 1 unspecified atom stereocenters. The topological polar surface area (TPSA) is 59.1 Å². The molecule has 0 saturated carbocycles. The fraction of sp³-hybridized carbons (Fsp3) is 0.440. The molecule has 2 aromatic rings. The summed E-state index contributed by atoms with van der Waals surface area (Å²) in [5.74, 6) is 1.47. The van der Waals surface area contributed by atoms with E-state index < -0.39 is 10.0 Å². The van der Waals surface area contributed by atoms with Gasteiger partial charge in [-0.1, -0.05) is 17.7 Å². The maximum absolute atomic E-state index is 13.6. The van der Waals surface area contributed by atoms with E-state index in [9.17, 15) is 8.42 Å². The molecule has 0 saturated heterocycles. The summed E-state index contributed by atoms with van der Waals surface area (Å²) in [4.78, 5) is 2.87. The van der Waals surface area contributed by atoms with Crippen molar-refractivity contribution in [2.75, 3.05) is 33.9 Å². The van der Waals surface area contributed by atoms with E-state index in [0.717, 1.165) is 55.1 Å². The molecule has 3 aliphatic heterocycles. The van der Waals surface area contributed by atoms with Crippen molar-refractivity contribution in [3.05, 3.63) is 64.4 Å². The Morgan fingerprint density at radius 2 is 1.69 bits per heavy atom. The molecule has 6 nitrogen and oxygen atoms in total. The van der Waals surface area contributed by atoms with Gasteiger partial charge in [-0.25, -0.2) is 8.42 Å². The predicted molar refractivity (Wildman–Crippen MR) is 124 cm³/mol. The Kier molecular flexibility index (Phi) is 5.42. The first-order chi connectivity index (χ1) is 15.4. The van der Waals surface area contributed by atoms with Crippen molar-refractivity contribution < 1.29 is 17.9 Å². The maximum atomic E-state index is 13.6. The Morgan fingerprint density at radius 1 is 0.969 bits per heavy atom. The van der Waals surface area contributed by atoms with Gasteiger partial charge in [-0.2, -0.15) is 0 Å². The number of rotatable bonds is 4. The summed E-state index contributed by atoms with van der Waals surface area (Å²) in [7, 11) is -0.260. The molecule has 1 atom stereocenters. The summed E-state index contributed by atoms with van der Waals surface area (Å²) in [5.41, 5.74) is 5.79. The van der Waals surface area contributed by atoms with Crippen molar-refractivity contribution in [2.45, 2.75) is 43.5 Å². The predicted octanol–water partition coefficient (Wildman–Crippen LogP) is 4.05. The first-order valence-corrected chi connectivity index (χ1v) is 12.7. The van der Waals surface area contributed by atoms with Crippen LogP contribution in [-0.4, -0.2) is 51.5 Å². The molecule has 2 aromatic carbocycles. The van der Waals surface area contributed by atoms with E-state index in [2.05, 4.69) is 17.0 Å². The lowest BCUT2D eigenvalue weighted by atomic mass is 9.84. The molecule has 5 rings (SSSR count). The average molecular weight is 455 g/mol. The molecule has 7 heteroatoms. The Balaban J connectivity index is 1.53. The standard InChI is InChI=1S/C25H30N2O4S/c1-17-6-8-20(9-7-17)32(28,29)27-11-4-5-19-16-26-12-10-18-13-24(30-2)25(31-3)14-21(18)23(26)15-22(19)27/h6-9,13-14,23H,4-5,10-12,15-16H2,1-3H3. The molecule has 3 aliphatic rings. The SMILES string of the molecule is COc1cc2c(cc1OC)C1CC3=C(CCCN3S(=O)(=O)c3ccc(C)cc3)CN1CC2.